The Hall–Kier alpha value is -0.620. The van der Waals surface area contributed by atoms with Gasteiger partial charge in [-0.15, -0.1) is 0 Å². The first kappa shape index (κ1) is 13.4. The Morgan fingerprint density at radius 3 is 2.44 bits per heavy atom. The standard InChI is InChI=1S/C11H17BrN2O2/c1-11(6-15,7-16)14-10-3-2-8(5-13)4-9(10)12/h2-4,14-16H,5-7,13H2,1H3. The minimum Gasteiger partial charge on any atom is -0.394 e. The summed E-state index contributed by atoms with van der Waals surface area (Å²) in [7, 11) is 0. The van der Waals surface area contributed by atoms with Gasteiger partial charge in [0.1, 0.15) is 0 Å². The molecule has 0 saturated carbocycles. The molecule has 0 amide bonds. The quantitative estimate of drug-likeness (QED) is 0.653. The van der Waals surface area contributed by atoms with E-state index in [0.717, 1.165) is 15.7 Å². The van der Waals surface area contributed by atoms with Crippen LogP contribution in [0.5, 0.6) is 0 Å². The molecule has 1 aromatic rings. The number of benzene rings is 1. The number of hydrogen-bond acceptors (Lipinski definition) is 4. The smallest absolute Gasteiger partial charge is 0.0806 e. The van der Waals surface area contributed by atoms with Crippen LogP contribution in [0.1, 0.15) is 12.5 Å². The van der Waals surface area contributed by atoms with Crippen LogP contribution in [0.4, 0.5) is 5.69 Å². The third-order valence-electron chi connectivity index (χ3n) is 2.40. The first-order valence-corrected chi connectivity index (χ1v) is 5.82. The number of hydrogen-bond donors (Lipinski definition) is 4. The lowest BCUT2D eigenvalue weighted by atomic mass is 10.0. The van der Waals surface area contributed by atoms with Crippen LogP contribution >= 0.6 is 15.9 Å². The number of nitrogens with two attached hydrogens (primary N) is 1. The second-order valence-electron chi connectivity index (χ2n) is 4.02. The average molecular weight is 289 g/mol. The van der Waals surface area contributed by atoms with E-state index in [2.05, 4.69) is 21.2 Å². The molecular weight excluding hydrogens is 272 g/mol. The van der Waals surface area contributed by atoms with Crippen molar-refractivity contribution < 1.29 is 10.2 Å². The summed E-state index contributed by atoms with van der Waals surface area (Å²) >= 11 is 3.42. The van der Waals surface area contributed by atoms with Crippen molar-refractivity contribution in [2.24, 2.45) is 5.73 Å². The third-order valence-corrected chi connectivity index (χ3v) is 3.06. The summed E-state index contributed by atoms with van der Waals surface area (Å²) in [6.07, 6.45) is 0. The third kappa shape index (κ3) is 3.18. The van der Waals surface area contributed by atoms with E-state index in [1.165, 1.54) is 0 Å². The predicted octanol–water partition coefficient (Wildman–Crippen LogP) is 1.06. The second-order valence-corrected chi connectivity index (χ2v) is 4.87. The van der Waals surface area contributed by atoms with Gasteiger partial charge in [-0.25, -0.2) is 0 Å². The maximum absolute atomic E-state index is 9.18. The van der Waals surface area contributed by atoms with Crippen LogP contribution in [0.25, 0.3) is 0 Å². The molecule has 0 unspecified atom stereocenters. The van der Waals surface area contributed by atoms with E-state index < -0.39 is 5.54 Å². The van der Waals surface area contributed by atoms with Crippen LogP contribution in [0.3, 0.4) is 0 Å². The van der Waals surface area contributed by atoms with Gasteiger partial charge in [0, 0.05) is 16.7 Å². The fourth-order valence-electron chi connectivity index (χ4n) is 1.24. The van der Waals surface area contributed by atoms with Crippen molar-refractivity contribution in [1.82, 2.24) is 0 Å². The summed E-state index contributed by atoms with van der Waals surface area (Å²) < 4.78 is 0.864. The minimum absolute atomic E-state index is 0.144. The van der Waals surface area contributed by atoms with Crippen LogP contribution in [0.2, 0.25) is 0 Å². The van der Waals surface area contributed by atoms with Gasteiger partial charge in [-0.2, -0.15) is 0 Å². The van der Waals surface area contributed by atoms with Gasteiger partial charge in [0.25, 0.3) is 0 Å². The molecule has 5 N–H and O–H groups in total. The molecule has 0 atom stereocenters. The Bertz CT molecular complexity index is 354. The van der Waals surface area contributed by atoms with E-state index in [0.29, 0.717) is 6.54 Å². The summed E-state index contributed by atoms with van der Waals surface area (Å²) in [6, 6.07) is 5.69. The van der Waals surface area contributed by atoms with Crippen molar-refractivity contribution in [3.8, 4) is 0 Å². The van der Waals surface area contributed by atoms with Crippen LogP contribution in [-0.2, 0) is 6.54 Å². The van der Waals surface area contributed by atoms with Gasteiger partial charge >= 0.3 is 0 Å². The summed E-state index contributed by atoms with van der Waals surface area (Å²) in [6.45, 7) is 1.94. The van der Waals surface area contributed by atoms with Crippen LogP contribution in [0, 0.1) is 0 Å². The van der Waals surface area contributed by atoms with Gasteiger partial charge in [-0.3, -0.25) is 0 Å². The molecule has 0 fully saturated rings. The van der Waals surface area contributed by atoms with Crippen molar-refractivity contribution in [3.63, 3.8) is 0 Å². The molecule has 90 valence electrons. The highest BCUT2D eigenvalue weighted by Crippen LogP contribution is 2.26. The summed E-state index contributed by atoms with van der Waals surface area (Å²) in [5, 5.41) is 21.4. The first-order chi connectivity index (χ1) is 7.54. The molecule has 0 saturated heterocycles. The number of rotatable bonds is 5. The van der Waals surface area contributed by atoms with Crippen LogP contribution < -0.4 is 11.1 Å². The van der Waals surface area contributed by atoms with E-state index in [9.17, 15) is 10.2 Å². The number of anilines is 1. The molecule has 5 heteroatoms. The Labute approximate surface area is 104 Å². The molecule has 1 aromatic carbocycles. The topological polar surface area (TPSA) is 78.5 Å². The predicted molar refractivity (Wildman–Crippen MR) is 68.2 cm³/mol. The highest BCUT2D eigenvalue weighted by Gasteiger charge is 2.22. The first-order valence-electron chi connectivity index (χ1n) is 5.03. The SMILES string of the molecule is CC(CO)(CO)Nc1ccc(CN)cc1Br. The molecule has 0 aromatic heterocycles. The Morgan fingerprint density at radius 1 is 1.38 bits per heavy atom. The zero-order chi connectivity index (χ0) is 12.2. The van der Waals surface area contributed by atoms with E-state index >= 15 is 0 Å². The fraction of sp³-hybridized carbons (Fsp3) is 0.455. The highest BCUT2D eigenvalue weighted by molar-refractivity contribution is 9.10. The van der Waals surface area contributed by atoms with Crippen molar-refractivity contribution >= 4 is 21.6 Å². The maximum Gasteiger partial charge on any atom is 0.0806 e. The molecule has 0 radical (unpaired) electrons. The number of halogens is 1. The van der Waals surface area contributed by atoms with E-state index in [4.69, 9.17) is 5.73 Å². The highest BCUT2D eigenvalue weighted by atomic mass is 79.9. The van der Waals surface area contributed by atoms with Crippen LogP contribution in [-0.4, -0.2) is 29.0 Å². The summed E-state index contributed by atoms with van der Waals surface area (Å²) in [5.74, 6) is 0. The molecular formula is C11H17BrN2O2. The molecule has 1 rings (SSSR count). The van der Waals surface area contributed by atoms with Crippen molar-refractivity contribution in [1.29, 1.82) is 0 Å². The molecule has 4 nitrogen and oxygen atoms in total. The molecule has 0 bridgehead atoms. The zero-order valence-corrected chi connectivity index (χ0v) is 10.8. The fourth-order valence-corrected chi connectivity index (χ4v) is 1.77. The van der Waals surface area contributed by atoms with Gasteiger partial charge in [0.2, 0.25) is 0 Å². The number of nitrogens with one attached hydrogen (secondary N) is 1. The Balaban J connectivity index is 2.89. The van der Waals surface area contributed by atoms with Crippen molar-refractivity contribution in [3.05, 3.63) is 28.2 Å². The number of aliphatic hydroxyl groups is 2. The normalized spacial score (nSPS) is 11.6. The summed E-state index contributed by atoms with van der Waals surface area (Å²) in [5.41, 5.74) is 6.64. The van der Waals surface area contributed by atoms with Crippen molar-refractivity contribution in [2.75, 3.05) is 18.5 Å². The molecule has 16 heavy (non-hydrogen) atoms. The molecule has 0 heterocycles. The molecule has 0 aliphatic heterocycles. The molecule has 0 aliphatic rings. The van der Waals surface area contributed by atoms with E-state index in [1.807, 2.05) is 18.2 Å². The largest absolute Gasteiger partial charge is 0.394 e. The lowest BCUT2D eigenvalue weighted by molar-refractivity contribution is 0.147. The van der Waals surface area contributed by atoms with Gasteiger partial charge in [-0.05, 0) is 40.5 Å². The van der Waals surface area contributed by atoms with Gasteiger partial charge in [-0.1, -0.05) is 6.07 Å². The van der Waals surface area contributed by atoms with E-state index in [1.54, 1.807) is 6.92 Å². The van der Waals surface area contributed by atoms with Gasteiger partial charge in [0.05, 0.1) is 18.8 Å². The van der Waals surface area contributed by atoms with Gasteiger partial charge in [0.15, 0.2) is 0 Å². The maximum atomic E-state index is 9.18. The molecule has 0 aliphatic carbocycles. The zero-order valence-electron chi connectivity index (χ0n) is 9.20. The minimum atomic E-state index is -0.729. The Morgan fingerprint density at radius 2 is 2.00 bits per heavy atom. The monoisotopic (exact) mass is 288 g/mol. The van der Waals surface area contributed by atoms with E-state index in [-0.39, 0.29) is 13.2 Å². The lowest BCUT2D eigenvalue weighted by Crippen LogP contribution is -2.42. The average Bonchev–Trinajstić information content (AvgIpc) is 2.31. The van der Waals surface area contributed by atoms with Crippen molar-refractivity contribution in [2.45, 2.75) is 19.0 Å². The molecule has 0 spiro atoms. The van der Waals surface area contributed by atoms with Gasteiger partial charge < -0.3 is 21.3 Å². The van der Waals surface area contributed by atoms with Crippen LogP contribution in [0.15, 0.2) is 22.7 Å². The number of aliphatic hydroxyl groups excluding tert-OH is 2. The summed E-state index contributed by atoms with van der Waals surface area (Å²) in [4.78, 5) is 0. The lowest BCUT2D eigenvalue weighted by Gasteiger charge is -2.28. The second kappa shape index (κ2) is 5.63. The Kier molecular flexibility index (Phi) is 4.73.